The van der Waals surface area contributed by atoms with E-state index in [2.05, 4.69) is 16.6 Å². The fourth-order valence-electron chi connectivity index (χ4n) is 1.33. The molecule has 5 nitrogen and oxygen atoms in total. The minimum atomic E-state index is -0.987. The Morgan fingerprint density at radius 2 is 2.17 bits per heavy atom. The number of hydrogen-bond acceptors (Lipinski definition) is 3. The van der Waals surface area contributed by atoms with Crippen LogP contribution in [-0.4, -0.2) is 30.1 Å². The molecule has 0 aromatic heterocycles. The van der Waals surface area contributed by atoms with Crippen molar-refractivity contribution in [2.45, 2.75) is 6.54 Å². The van der Waals surface area contributed by atoms with Crippen LogP contribution in [-0.2, 0) is 11.3 Å². The van der Waals surface area contributed by atoms with Crippen molar-refractivity contribution < 1.29 is 14.7 Å². The lowest BCUT2D eigenvalue weighted by Crippen LogP contribution is -2.33. The number of terminal acetylenes is 1. The van der Waals surface area contributed by atoms with Gasteiger partial charge in [0.2, 0.25) is 5.91 Å². The van der Waals surface area contributed by atoms with Crippen LogP contribution in [0.3, 0.4) is 0 Å². The van der Waals surface area contributed by atoms with E-state index < -0.39 is 5.97 Å². The van der Waals surface area contributed by atoms with Crippen LogP contribution >= 0.6 is 0 Å². The number of aromatic carboxylic acids is 1. The molecule has 0 radical (unpaired) electrons. The summed E-state index contributed by atoms with van der Waals surface area (Å²) in [5, 5.41) is 14.2. The summed E-state index contributed by atoms with van der Waals surface area (Å²) in [6.07, 6.45) is 5.02. The molecule has 0 heterocycles. The van der Waals surface area contributed by atoms with Gasteiger partial charge in [-0.15, -0.1) is 6.42 Å². The van der Waals surface area contributed by atoms with Gasteiger partial charge in [0.25, 0.3) is 0 Å². The highest BCUT2D eigenvalue weighted by molar-refractivity contribution is 5.87. The van der Waals surface area contributed by atoms with Gasteiger partial charge >= 0.3 is 5.97 Å². The zero-order chi connectivity index (χ0) is 13.4. The average molecular weight is 246 g/mol. The summed E-state index contributed by atoms with van der Waals surface area (Å²) in [7, 11) is 0. The van der Waals surface area contributed by atoms with Gasteiger partial charge in [-0.05, 0) is 17.7 Å². The maximum Gasteiger partial charge on any atom is 0.335 e. The molecule has 1 amide bonds. The summed E-state index contributed by atoms with van der Waals surface area (Å²) < 4.78 is 0. The van der Waals surface area contributed by atoms with E-state index in [4.69, 9.17) is 11.5 Å². The predicted molar refractivity (Wildman–Crippen MR) is 67.0 cm³/mol. The second-order valence-electron chi connectivity index (χ2n) is 3.59. The van der Waals surface area contributed by atoms with E-state index in [9.17, 15) is 9.59 Å². The van der Waals surface area contributed by atoms with Crippen molar-refractivity contribution in [2.24, 2.45) is 0 Å². The van der Waals surface area contributed by atoms with Crippen molar-refractivity contribution in [3.05, 3.63) is 35.4 Å². The van der Waals surface area contributed by atoms with Gasteiger partial charge in [-0.2, -0.15) is 0 Å². The first-order chi connectivity index (χ1) is 8.63. The first-order valence-electron chi connectivity index (χ1n) is 5.36. The maximum atomic E-state index is 11.4. The molecule has 1 aromatic carbocycles. The highest BCUT2D eigenvalue weighted by Crippen LogP contribution is 2.04. The number of carbonyl (C=O) groups is 2. The standard InChI is InChI=1S/C13H14N2O3/c1-2-6-14-9-12(16)15-8-10-4-3-5-11(7-10)13(17)18/h1,3-5,7,14H,6,8-9H2,(H,15,16)(H,17,18). The summed E-state index contributed by atoms with van der Waals surface area (Å²) >= 11 is 0. The molecular formula is C13H14N2O3. The van der Waals surface area contributed by atoms with Gasteiger partial charge in [0.15, 0.2) is 0 Å². The third-order valence-corrected chi connectivity index (χ3v) is 2.18. The molecular weight excluding hydrogens is 232 g/mol. The second kappa shape index (κ2) is 7.09. The monoisotopic (exact) mass is 246 g/mol. The van der Waals surface area contributed by atoms with E-state index in [1.807, 2.05) is 0 Å². The van der Waals surface area contributed by atoms with E-state index in [0.29, 0.717) is 6.54 Å². The van der Waals surface area contributed by atoms with Crippen LogP contribution in [0.4, 0.5) is 0 Å². The minimum Gasteiger partial charge on any atom is -0.478 e. The van der Waals surface area contributed by atoms with Gasteiger partial charge in [0.05, 0.1) is 18.7 Å². The van der Waals surface area contributed by atoms with Crippen LogP contribution in [0.5, 0.6) is 0 Å². The van der Waals surface area contributed by atoms with E-state index in [0.717, 1.165) is 5.56 Å². The van der Waals surface area contributed by atoms with E-state index >= 15 is 0 Å². The lowest BCUT2D eigenvalue weighted by Gasteiger charge is -2.06. The molecule has 0 saturated heterocycles. The zero-order valence-electron chi connectivity index (χ0n) is 9.77. The van der Waals surface area contributed by atoms with Crippen LogP contribution in [0.2, 0.25) is 0 Å². The Hall–Kier alpha value is -2.32. The normalized spacial score (nSPS) is 9.50. The largest absolute Gasteiger partial charge is 0.478 e. The highest BCUT2D eigenvalue weighted by atomic mass is 16.4. The van der Waals surface area contributed by atoms with Gasteiger partial charge in [-0.25, -0.2) is 4.79 Å². The Kier molecular flexibility index (Phi) is 5.42. The van der Waals surface area contributed by atoms with Gasteiger partial charge in [0, 0.05) is 6.54 Å². The third-order valence-electron chi connectivity index (χ3n) is 2.18. The quantitative estimate of drug-likeness (QED) is 0.496. The van der Waals surface area contributed by atoms with Crippen molar-refractivity contribution in [2.75, 3.05) is 13.1 Å². The molecule has 18 heavy (non-hydrogen) atoms. The molecule has 0 fully saturated rings. The summed E-state index contributed by atoms with van der Waals surface area (Å²) in [5.74, 6) is 1.18. The van der Waals surface area contributed by atoms with Gasteiger partial charge < -0.3 is 10.4 Å². The van der Waals surface area contributed by atoms with E-state index in [-0.39, 0.29) is 24.6 Å². The molecule has 94 valence electrons. The Bertz CT molecular complexity index is 477. The lowest BCUT2D eigenvalue weighted by molar-refractivity contribution is -0.120. The molecule has 3 N–H and O–H groups in total. The lowest BCUT2D eigenvalue weighted by atomic mass is 10.1. The molecule has 1 rings (SSSR count). The topological polar surface area (TPSA) is 78.4 Å². The van der Waals surface area contributed by atoms with Crippen molar-refractivity contribution in [3.63, 3.8) is 0 Å². The van der Waals surface area contributed by atoms with Crippen LogP contribution in [0.25, 0.3) is 0 Å². The number of carboxylic acids is 1. The first kappa shape index (κ1) is 13.7. The molecule has 0 saturated carbocycles. The molecule has 0 spiro atoms. The SMILES string of the molecule is C#CCNCC(=O)NCc1cccc(C(=O)O)c1. The molecule has 5 heteroatoms. The summed E-state index contributed by atoms with van der Waals surface area (Å²) in [6.45, 7) is 0.766. The van der Waals surface area contributed by atoms with Gasteiger partial charge in [-0.1, -0.05) is 18.1 Å². The van der Waals surface area contributed by atoms with E-state index in [1.54, 1.807) is 12.1 Å². The number of carbonyl (C=O) groups excluding carboxylic acids is 1. The second-order valence-corrected chi connectivity index (χ2v) is 3.59. The molecule has 0 atom stereocenters. The zero-order valence-corrected chi connectivity index (χ0v) is 9.77. The van der Waals surface area contributed by atoms with Crippen LogP contribution < -0.4 is 10.6 Å². The molecule has 1 aromatic rings. The van der Waals surface area contributed by atoms with Crippen LogP contribution in [0.1, 0.15) is 15.9 Å². The van der Waals surface area contributed by atoms with Crippen LogP contribution in [0, 0.1) is 12.3 Å². The number of rotatable bonds is 6. The first-order valence-corrected chi connectivity index (χ1v) is 5.36. The summed E-state index contributed by atoms with van der Waals surface area (Å²) in [4.78, 5) is 22.1. The van der Waals surface area contributed by atoms with Crippen LogP contribution in [0.15, 0.2) is 24.3 Å². The number of hydrogen-bond donors (Lipinski definition) is 3. The minimum absolute atomic E-state index is 0.142. The maximum absolute atomic E-state index is 11.4. The summed E-state index contributed by atoms with van der Waals surface area (Å²) in [6, 6.07) is 6.42. The smallest absolute Gasteiger partial charge is 0.335 e. The number of amides is 1. The molecule has 0 bridgehead atoms. The Balaban J connectivity index is 2.44. The summed E-state index contributed by atoms with van der Waals surface area (Å²) in [5.41, 5.74) is 0.937. The number of benzene rings is 1. The third kappa shape index (κ3) is 4.68. The molecule has 0 unspecified atom stereocenters. The highest BCUT2D eigenvalue weighted by Gasteiger charge is 2.04. The van der Waals surface area contributed by atoms with Gasteiger partial charge in [-0.3, -0.25) is 10.1 Å². The average Bonchev–Trinajstić information content (AvgIpc) is 2.37. The van der Waals surface area contributed by atoms with Crippen molar-refractivity contribution in [1.82, 2.24) is 10.6 Å². The van der Waals surface area contributed by atoms with Crippen molar-refractivity contribution in [1.29, 1.82) is 0 Å². The van der Waals surface area contributed by atoms with E-state index in [1.165, 1.54) is 12.1 Å². The number of nitrogens with one attached hydrogen (secondary N) is 2. The Morgan fingerprint density at radius 1 is 1.39 bits per heavy atom. The van der Waals surface area contributed by atoms with Crippen molar-refractivity contribution >= 4 is 11.9 Å². The molecule has 0 aliphatic carbocycles. The molecule has 0 aliphatic rings. The fraction of sp³-hybridized carbons (Fsp3) is 0.231. The predicted octanol–water partition coefficient (Wildman–Crippen LogP) is 0.224. The van der Waals surface area contributed by atoms with Gasteiger partial charge in [0.1, 0.15) is 0 Å². The Labute approximate surface area is 105 Å². The number of carboxylic acid groups (broad SMARTS) is 1. The fourth-order valence-corrected chi connectivity index (χ4v) is 1.33. The van der Waals surface area contributed by atoms with Crippen molar-refractivity contribution in [3.8, 4) is 12.3 Å². The Morgan fingerprint density at radius 3 is 2.83 bits per heavy atom. The molecule has 0 aliphatic heterocycles.